The largest absolute Gasteiger partial charge is 0.356 e. The first-order valence-electron chi connectivity index (χ1n) is 6.92. The number of nitrogens with two attached hydrogens (primary N) is 1. The molecule has 1 rings (SSSR count). The van der Waals surface area contributed by atoms with Crippen LogP contribution in [0.15, 0.2) is 0 Å². The highest BCUT2D eigenvalue weighted by molar-refractivity contribution is 5.76. The van der Waals surface area contributed by atoms with E-state index in [4.69, 9.17) is 5.73 Å². The third kappa shape index (κ3) is 5.50. The van der Waals surface area contributed by atoms with E-state index in [1.165, 1.54) is 12.8 Å². The van der Waals surface area contributed by atoms with Gasteiger partial charge in [0.15, 0.2) is 0 Å². The molecule has 0 aromatic rings. The summed E-state index contributed by atoms with van der Waals surface area (Å²) < 4.78 is 0. The molecule has 0 heterocycles. The highest BCUT2D eigenvalue weighted by Crippen LogP contribution is 2.30. The average Bonchev–Trinajstić information content (AvgIpc) is 3.14. The molecule has 3 N–H and O–H groups in total. The van der Waals surface area contributed by atoms with Gasteiger partial charge in [-0.3, -0.25) is 9.69 Å². The standard InChI is InChI=1S/C13H27N3O/c1-3-7-15-13(17)8-12(9-14)16(4-2)10-11-5-6-11/h11-12H,3-10,14H2,1-2H3,(H,15,17). The number of carbonyl (C=O) groups excluding carboxylic acids is 1. The number of amides is 1. The van der Waals surface area contributed by atoms with Gasteiger partial charge in [0.25, 0.3) is 0 Å². The first kappa shape index (κ1) is 14.5. The highest BCUT2D eigenvalue weighted by Gasteiger charge is 2.27. The van der Waals surface area contributed by atoms with E-state index in [-0.39, 0.29) is 11.9 Å². The van der Waals surface area contributed by atoms with Crippen LogP contribution in [0.5, 0.6) is 0 Å². The Kier molecular flexibility index (Phi) is 6.52. The van der Waals surface area contributed by atoms with Gasteiger partial charge in [-0.1, -0.05) is 13.8 Å². The number of nitrogens with zero attached hydrogens (tertiary/aromatic N) is 1. The lowest BCUT2D eigenvalue weighted by Gasteiger charge is -2.29. The molecule has 0 bridgehead atoms. The number of hydrogen-bond donors (Lipinski definition) is 2. The van der Waals surface area contributed by atoms with E-state index in [1.54, 1.807) is 0 Å². The Labute approximate surface area is 105 Å². The summed E-state index contributed by atoms with van der Waals surface area (Å²) >= 11 is 0. The Bertz CT molecular complexity index is 229. The van der Waals surface area contributed by atoms with Crippen LogP contribution in [0.4, 0.5) is 0 Å². The van der Waals surface area contributed by atoms with Crippen LogP contribution in [0.2, 0.25) is 0 Å². The first-order valence-corrected chi connectivity index (χ1v) is 6.92. The van der Waals surface area contributed by atoms with Crippen LogP contribution < -0.4 is 11.1 Å². The zero-order valence-corrected chi connectivity index (χ0v) is 11.2. The fourth-order valence-corrected chi connectivity index (χ4v) is 2.08. The number of rotatable bonds is 9. The van der Waals surface area contributed by atoms with Gasteiger partial charge in [-0.2, -0.15) is 0 Å². The third-order valence-electron chi connectivity index (χ3n) is 3.38. The zero-order valence-electron chi connectivity index (χ0n) is 11.2. The van der Waals surface area contributed by atoms with E-state index in [0.717, 1.165) is 32.0 Å². The van der Waals surface area contributed by atoms with Crippen molar-refractivity contribution in [2.45, 2.75) is 45.6 Å². The van der Waals surface area contributed by atoms with E-state index in [9.17, 15) is 4.79 Å². The zero-order chi connectivity index (χ0) is 12.7. The van der Waals surface area contributed by atoms with E-state index < -0.39 is 0 Å². The molecule has 1 atom stereocenters. The molecule has 4 heteroatoms. The Balaban J connectivity index is 2.35. The van der Waals surface area contributed by atoms with Gasteiger partial charge in [0.2, 0.25) is 5.91 Å². The lowest BCUT2D eigenvalue weighted by molar-refractivity contribution is -0.122. The molecule has 0 radical (unpaired) electrons. The Hall–Kier alpha value is -0.610. The Morgan fingerprint density at radius 2 is 2.18 bits per heavy atom. The maximum Gasteiger partial charge on any atom is 0.221 e. The van der Waals surface area contributed by atoms with Crippen molar-refractivity contribution in [1.29, 1.82) is 0 Å². The molecule has 1 unspecified atom stereocenters. The fraction of sp³-hybridized carbons (Fsp3) is 0.923. The van der Waals surface area contributed by atoms with Crippen LogP contribution in [-0.2, 0) is 4.79 Å². The van der Waals surface area contributed by atoms with Gasteiger partial charge in [-0.25, -0.2) is 0 Å². The van der Waals surface area contributed by atoms with E-state index in [2.05, 4.69) is 24.1 Å². The number of nitrogens with one attached hydrogen (secondary N) is 1. The molecule has 1 saturated carbocycles. The second kappa shape index (κ2) is 7.67. The molecular formula is C13H27N3O. The van der Waals surface area contributed by atoms with Gasteiger partial charge in [-0.15, -0.1) is 0 Å². The van der Waals surface area contributed by atoms with Crippen LogP contribution in [0.3, 0.4) is 0 Å². The molecule has 1 amide bonds. The molecule has 4 nitrogen and oxygen atoms in total. The quantitative estimate of drug-likeness (QED) is 0.632. The van der Waals surface area contributed by atoms with Gasteiger partial charge < -0.3 is 11.1 Å². The molecular weight excluding hydrogens is 214 g/mol. The topological polar surface area (TPSA) is 58.4 Å². The van der Waals surface area contributed by atoms with E-state index >= 15 is 0 Å². The lowest BCUT2D eigenvalue weighted by Crippen LogP contribution is -2.44. The summed E-state index contributed by atoms with van der Waals surface area (Å²) in [5, 5.41) is 2.92. The van der Waals surface area contributed by atoms with Gasteiger partial charge in [0.1, 0.15) is 0 Å². The van der Waals surface area contributed by atoms with Gasteiger partial charge in [0, 0.05) is 32.1 Å². The molecule has 1 fully saturated rings. The van der Waals surface area contributed by atoms with Crippen LogP contribution in [0.25, 0.3) is 0 Å². The predicted octanol–water partition coefficient (Wildman–Crippen LogP) is 0.962. The maximum absolute atomic E-state index is 11.7. The van der Waals surface area contributed by atoms with Crippen molar-refractivity contribution < 1.29 is 4.79 Å². The van der Waals surface area contributed by atoms with Crippen LogP contribution >= 0.6 is 0 Å². The van der Waals surface area contributed by atoms with Crippen LogP contribution in [0, 0.1) is 5.92 Å². The van der Waals surface area contributed by atoms with Gasteiger partial charge >= 0.3 is 0 Å². The van der Waals surface area contributed by atoms with Crippen LogP contribution in [0.1, 0.15) is 39.5 Å². The van der Waals surface area contributed by atoms with Crippen molar-refractivity contribution in [3.63, 3.8) is 0 Å². The average molecular weight is 241 g/mol. The van der Waals surface area contributed by atoms with Crippen molar-refractivity contribution >= 4 is 5.91 Å². The summed E-state index contributed by atoms with van der Waals surface area (Å²) in [5.41, 5.74) is 5.80. The second-order valence-corrected chi connectivity index (χ2v) is 4.97. The van der Waals surface area contributed by atoms with E-state index in [1.807, 2.05) is 0 Å². The molecule has 0 aromatic heterocycles. The second-order valence-electron chi connectivity index (χ2n) is 4.97. The minimum absolute atomic E-state index is 0.136. The molecule has 1 aliphatic carbocycles. The maximum atomic E-state index is 11.7. The summed E-state index contributed by atoms with van der Waals surface area (Å²) in [6.07, 6.45) is 4.21. The molecule has 1 aliphatic rings. The normalized spacial score (nSPS) is 17.2. The SMILES string of the molecule is CCCNC(=O)CC(CN)N(CC)CC1CC1. The van der Waals surface area contributed by atoms with Crippen molar-refractivity contribution in [3.8, 4) is 0 Å². The van der Waals surface area contributed by atoms with Crippen molar-refractivity contribution in [2.24, 2.45) is 11.7 Å². The monoisotopic (exact) mass is 241 g/mol. The number of carbonyl (C=O) groups is 1. The smallest absolute Gasteiger partial charge is 0.221 e. The summed E-state index contributed by atoms with van der Waals surface area (Å²) in [6, 6.07) is 0.206. The predicted molar refractivity (Wildman–Crippen MR) is 70.7 cm³/mol. The molecule has 0 aromatic carbocycles. The molecule has 0 saturated heterocycles. The van der Waals surface area contributed by atoms with Crippen molar-refractivity contribution in [1.82, 2.24) is 10.2 Å². The number of hydrogen-bond acceptors (Lipinski definition) is 3. The van der Waals surface area contributed by atoms with Gasteiger partial charge in [-0.05, 0) is 31.7 Å². The third-order valence-corrected chi connectivity index (χ3v) is 3.38. The Morgan fingerprint density at radius 3 is 2.65 bits per heavy atom. The van der Waals surface area contributed by atoms with Crippen molar-refractivity contribution in [3.05, 3.63) is 0 Å². The minimum atomic E-state index is 0.136. The molecule has 0 aliphatic heterocycles. The Morgan fingerprint density at radius 1 is 1.47 bits per heavy atom. The summed E-state index contributed by atoms with van der Waals surface area (Å²) in [7, 11) is 0. The van der Waals surface area contributed by atoms with Crippen molar-refractivity contribution in [2.75, 3.05) is 26.2 Å². The number of likely N-dealkylation sites (N-methyl/N-ethyl adjacent to an activating group) is 1. The molecule has 17 heavy (non-hydrogen) atoms. The van der Waals surface area contributed by atoms with Gasteiger partial charge in [0.05, 0.1) is 0 Å². The molecule has 0 spiro atoms. The molecule has 100 valence electrons. The lowest BCUT2D eigenvalue weighted by atomic mass is 10.1. The highest BCUT2D eigenvalue weighted by atomic mass is 16.1. The minimum Gasteiger partial charge on any atom is -0.356 e. The van der Waals surface area contributed by atoms with Crippen LogP contribution in [-0.4, -0.2) is 43.0 Å². The first-order chi connectivity index (χ1) is 8.21. The summed E-state index contributed by atoms with van der Waals surface area (Å²) in [6.45, 7) is 7.64. The fourth-order valence-electron chi connectivity index (χ4n) is 2.08. The summed E-state index contributed by atoms with van der Waals surface area (Å²) in [5.74, 6) is 0.985. The summed E-state index contributed by atoms with van der Waals surface area (Å²) in [4.78, 5) is 14.1. The van der Waals surface area contributed by atoms with E-state index in [0.29, 0.717) is 13.0 Å².